The highest BCUT2D eigenvalue weighted by Crippen LogP contribution is 2.29. The number of benzene rings is 1. The first-order valence-electron chi connectivity index (χ1n) is 3.47. The van der Waals surface area contributed by atoms with Crippen molar-refractivity contribution in [2.45, 2.75) is 4.21 Å². The molecule has 0 saturated carbocycles. The molecule has 1 heterocycles. The van der Waals surface area contributed by atoms with Gasteiger partial charge in [0.15, 0.2) is 11.1 Å². The van der Waals surface area contributed by atoms with Crippen LogP contribution in [0.5, 0.6) is 0 Å². The summed E-state index contributed by atoms with van der Waals surface area (Å²) in [4.78, 5) is 0. The molecule has 2 nitrogen and oxygen atoms in total. The van der Waals surface area contributed by atoms with E-state index in [-0.39, 0.29) is 0 Å². The van der Waals surface area contributed by atoms with E-state index in [1.807, 2.05) is 6.07 Å². The van der Waals surface area contributed by atoms with Crippen molar-refractivity contribution in [2.24, 2.45) is 0 Å². The van der Waals surface area contributed by atoms with Gasteiger partial charge in [0, 0.05) is 9.72 Å². The largest absolute Gasteiger partial charge is 0.302 e. The van der Waals surface area contributed by atoms with Crippen LogP contribution in [-0.4, -0.2) is 8.76 Å². The van der Waals surface area contributed by atoms with Gasteiger partial charge in [-0.05, 0) is 29.7 Å². The summed E-state index contributed by atoms with van der Waals surface area (Å²) in [5.74, 6) is 0. The third-order valence-electron chi connectivity index (χ3n) is 1.63. The van der Waals surface area contributed by atoms with Gasteiger partial charge in [-0.3, -0.25) is 0 Å². The van der Waals surface area contributed by atoms with E-state index in [1.54, 1.807) is 18.2 Å². The summed E-state index contributed by atoms with van der Waals surface area (Å²) in [7, 11) is 0. The number of halogens is 1. The van der Waals surface area contributed by atoms with Gasteiger partial charge in [0.1, 0.15) is 4.21 Å². The summed E-state index contributed by atoms with van der Waals surface area (Å²) in [5.41, 5.74) is 0. The predicted octanol–water partition coefficient (Wildman–Crippen LogP) is 3.14. The van der Waals surface area contributed by atoms with Gasteiger partial charge in [-0.15, -0.1) is 11.3 Å². The molecule has 0 spiro atoms. The molecule has 68 valence electrons. The first-order valence-corrected chi connectivity index (χ1v) is 5.77. The van der Waals surface area contributed by atoms with Gasteiger partial charge >= 0.3 is 0 Å². The molecule has 0 aliphatic carbocycles. The van der Waals surface area contributed by atoms with Crippen molar-refractivity contribution >= 4 is 44.1 Å². The van der Waals surface area contributed by atoms with E-state index >= 15 is 0 Å². The number of hydrogen-bond donors (Lipinski definition) is 1. The zero-order valence-corrected chi connectivity index (χ0v) is 8.75. The second-order valence-electron chi connectivity index (χ2n) is 2.50. The molecule has 1 atom stereocenters. The average Bonchev–Trinajstić information content (AvgIpc) is 2.46. The highest BCUT2D eigenvalue weighted by atomic mass is 35.5. The standard InChI is InChI=1S/C8H5ClO2S2/c9-6-1-2-7-5(3-6)4-8(12-7)13(10)11/h1-4H,(H,10,11). The Morgan fingerprint density at radius 1 is 1.38 bits per heavy atom. The van der Waals surface area contributed by atoms with Crippen LogP contribution < -0.4 is 0 Å². The minimum absolute atomic E-state index is 0.456. The maximum absolute atomic E-state index is 10.7. The smallest absolute Gasteiger partial charge is 0.196 e. The number of thiophene rings is 1. The van der Waals surface area contributed by atoms with Gasteiger partial charge in [-0.25, -0.2) is 4.21 Å². The summed E-state index contributed by atoms with van der Waals surface area (Å²) in [6, 6.07) is 7.08. The zero-order chi connectivity index (χ0) is 9.42. The lowest BCUT2D eigenvalue weighted by Crippen LogP contribution is -1.79. The van der Waals surface area contributed by atoms with E-state index in [4.69, 9.17) is 16.2 Å². The molecule has 0 radical (unpaired) electrons. The third-order valence-corrected chi connectivity index (χ3v) is 3.91. The lowest BCUT2D eigenvalue weighted by molar-refractivity contribution is 0.566. The predicted molar refractivity (Wildman–Crippen MR) is 55.9 cm³/mol. The number of rotatable bonds is 1. The van der Waals surface area contributed by atoms with E-state index in [0.717, 1.165) is 10.1 Å². The fourth-order valence-electron chi connectivity index (χ4n) is 1.08. The van der Waals surface area contributed by atoms with Crippen LogP contribution >= 0.6 is 22.9 Å². The summed E-state index contributed by atoms with van der Waals surface area (Å²) in [5, 5.41) is 1.55. The minimum Gasteiger partial charge on any atom is -0.302 e. The van der Waals surface area contributed by atoms with E-state index in [0.29, 0.717) is 9.23 Å². The molecule has 1 aromatic heterocycles. The second-order valence-corrected chi connectivity index (χ2v) is 5.21. The Hall–Kier alpha value is -0.420. The highest BCUT2D eigenvalue weighted by molar-refractivity contribution is 7.82. The monoisotopic (exact) mass is 232 g/mol. The van der Waals surface area contributed by atoms with Crippen molar-refractivity contribution in [3.63, 3.8) is 0 Å². The van der Waals surface area contributed by atoms with Crippen molar-refractivity contribution in [2.75, 3.05) is 0 Å². The van der Waals surface area contributed by atoms with Crippen LogP contribution in [0.1, 0.15) is 0 Å². The molecule has 0 aliphatic rings. The van der Waals surface area contributed by atoms with E-state index in [2.05, 4.69) is 0 Å². The molecule has 0 aliphatic heterocycles. The van der Waals surface area contributed by atoms with E-state index in [9.17, 15) is 4.21 Å². The summed E-state index contributed by atoms with van der Waals surface area (Å²) >= 11 is 5.19. The minimum atomic E-state index is -1.89. The summed E-state index contributed by atoms with van der Waals surface area (Å²) in [6.07, 6.45) is 0. The first kappa shape index (κ1) is 9.15. The lowest BCUT2D eigenvalue weighted by atomic mass is 10.3. The summed E-state index contributed by atoms with van der Waals surface area (Å²) < 4.78 is 21.0. The molecule has 2 rings (SSSR count). The van der Waals surface area contributed by atoms with Crippen LogP contribution in [-0.2, 0) is 11.1 Å². The SMILES string of the molecule is O=S(O)c1cc2cc(Cl)ccc2s1. The number of hydrogen-bond acceptors (Lipinski definition) is 2. The van der Waals surface area contributed by atoms with Gasteiger partial charge < -0.3 is 4.55 Å². The highest BCUT2D eigenvalue weighted by Gasteiger charge is 2.05. The van der Waals surface area contributed by atoms with Crippen molar-refractivity contribution in [3.05, 3.63) is 29.3 Å². The topological polar surface area (TPSA) is 37.3 Å². The molecular weight excluding hydrogens is 228 g/mol. The van der Waals surface area contributed by atoms with Gasteiger partial charge in [0.25, 0.3) is 0 Å². The van der Waals surface area contributed by atoms with Gasteiger partial charge in [-0.1, -0.05) is 11.6 Å². The molecule has 13 heavy (non-hydrogen) atoms. The van der Waals surface area contributed by atoms with Crippen LogP contribution in [0.2, 0.25) is 5.02 Å². The van der Waals surface area contributed by atoms with Crippen LogP contribution in [0.4, 0.5) is 0 Å². The molecule has 0 bridgehead atoms. The van der Waals surface area contributed by atoms with Crippen LogP contribution in [0.25, 0.3) is 10.1 Å². The molecule has 1 aromatic carbocycles. The molecule has 0 saturated heterocycles. The zero-order valence-electron chi connectivity index (χ0n) is 6.36. The van der Waals surface area contributed by atoms with Crippen LogP contribution in [0.3, 0.4) is 0 Å². The van der Waals surface area contributed by atoms with Gasteiger partial charge in [-0.2, -0.15) is 0 Å². The molecule has 1 N–H and O–H groups in total. The quantitative estimate of drug-likeness (QED) is 0.767. The Bertz CT molecular complexity index is 478. The van der Waals surface area contributed by atoms with Crippen LogP contribution in [0.15, 0.2) is 28.5 Å². The van der Waals surface area contributed by atoms with Crippen LogP contribution in [0, 0.1) is 0 Å². The number of fused-ring (bicyclic) bond motifs is 1. The van der Waals surface area contributed by atoms with Crippen molar-refractivity contribution in [3.8, 4) is 0 Å². The molecule has 2 aromatic rings. The molecular formula is C8H5ClO2S2. The van der Waals surface area contributed by atoms with Crippen molar-refractivity contribution in [1.29, 1.82) is 0 Å². The Kier molecular flexibility index (Phi) is 2.38. The maximum atomic E-state index is 10.7. The first-order chi connectivity index (χ1) is 6.16. The molecule has 1 unspecified atom stereocenters. The normalized spacial score (nSPS) is 13.4. The maximum Gasteiger partial charge on any atom is 0.196 e. The molecule has 0 amide bonds. The van der Waals surface area contributed by atoms with Crippen molar-refractivity contribution in [1.82, 2.24) is 0 Å². The third kappa shape index (κ3) is 1.76. The van der Waals surface area contributed by atoms with E-state index in [1.165, 1.54) is 11.3 Å². The lowest BCUT2D eigenvalue weighted by Gasteiger charge is -1.87. The summed E-state index contributed by atoms with van der Waals surface area (Å²) in [6.45, 7) is 0. The Morgan fingerprint density at radius 2 is 2.15 bits per heavy atom. The molecule has 5 heteroatoms. The fourth-order valence-corrected chi connectivity index (χ4v) is 2.81. The fraction of sp³-hybridized carbons (Fsp3) is 0. The Balaban J connectivity index is 2.68. The Labute approximate surface area is 86.4 Å². The van der Waals surface area contributed by atoms with Gasteiger partial charge in [0.2, 0.25) is 0 Å². The molecule has 0 fully saturated rings. The second kappa shape index (κ2) is 3.38. The Morgan fingerprint density at radius 3 is 2.85 bits per heavy atom. The van der Waals surface area contributed by atoms with Gasteiger partial charge in [0.05, 0.1) is 0 Å². The van der Waals surface area contributed by atoms with E-state index < -0.39 is 11.1 Å². The van der Waals surface area contributed by atoms with Crippen molar-refractivity contribution < 1.29 is 8.76 Å². The average molecular weight is 233 g/mol.